The van der Waals surface area contributed by atoms with E-state index in [2.05, 4.69) is 21.6 Å². The fraction of sp³-hybridized carbons (Fsp3) is 0.333. The number of rotatable bonds is 2. The molecule has 4 heteroatoms. The van der Waals surface area contributed by atoms with Crippen LogP contribution in [0.5, 0.6) is 0 Å². The van der Waals surface area contributed by atoms with Gasteiger partial charge in [0.2, 0.25) is 0 Å². The average Bonchev–Trinajstić information content (AvgIpc) is 2.05. The summed E-state index contributed by atoms with van der Waals surface area (Å²) >= 11 is 0.962. The summed E-state index contributed by atoms with van der Waals surface area (Å²) in [6.45, 7) is 0. The zero-order chi connectivity index (χ0) is 7.40. The van der Waals surface area contributed by atoms with Crippen LogP contribution >= 0.6 is 0 Å². The molecule has 0 aromatic carbocycles. The van der Waals surface area contributed by atoms with E-state index in [0.29, 0.717) is 29.9 Å². The third kappa shape index (κ3) is 2.06. The van der Waals surface area contributed by atoms with Crippen LogP contribution in [0.1, 0.15) is 0 Å². The van der Waals surface area contributed by atoms with Crippen LogP contribution in [0.15, 0.2) is 12.3 Å². The fourth-order valence-corrected chi connectivity index (χ4v) is 2.36. The van der Waals surface area contributed by atoms with Crippen LogP contribution in [0.3, 0.4) is 0 Å². The Kier molecular flexibility index (Phi) is 3.36. The molecule has 0 bridgehead atoms. The first-order valence-corrected chi connectivity index (χ1v) is 7.91. The van der Waals surface area contributed by atoms with Crippen molar-refractivity contribution in [1.82, 2.24) is 9.97 Å². The Bertz CT molecular complexity index is 195. The molecule has 10 heavy (non-hydrogen) atoms. The van der Waals surface area contributed by atoms with Gasteiger partial charge < -0.3 is 0 Å². The summed E-state index contributed by atoms with van der Waals surface area (Å²) in [4.78, 5) is 8.49. The summed E-state index contributed by atoms with van der Waals surface area (Å²) in [6, 6.07) is 2.00. The van der Waals surface area contributed by atoms with Crippen molar-refractivity contribution in [3.05, 3.63) is 12.3 Å². The Hall–Kier alpha value is 0.119. The third-order valence-corrected chi connectivity index (χ3v) is 3.53. The molecule has 0 aliphatic heterocycles. The van der Waals surface area contributed by atoms with Crippen LogP contribution in [0.2, 0.25) is 11.6 Å². The van der Waals surface area contributed by atoms with E-state index in [1.807, 2.05) is 12.3 Å². The molecule has 0 saturated heterocycles. The van der Waals surface area contributed by atoms with Crippen molar-refractivity contribution in [2.24, 2.45) is 0 Å². The van der Waals surface area contributed by atoms with Gasteiger partial charge in [-0.3, -0.25) is 0 Å². The SMILES string of the molecule is C[Se]c1ccnc([Se]C)n1. The van der Waals surface area contributed by atoms with Crippen molar-refractivity contribution in [2.75, 3.05) is 0 Å². The minimum atomic E-state index is 0.446. The van der Waals surface area contributed by atoms with E-state index >= 15 is 0 Å². The molecule has 0 spiro atoms. The number of aromatic nitrogens is 2. The van der Waals surface area contributed by atoms with Crippen molar-refractivity contribution < 1.29 is 0 Å². The minimum absolute atomic E-state index is 0.446. The van der Waals surface area contributed by atoms with Crippen LogP contribution < -0.4 is 9.32 Å². The van der Waals surface area contributed by atoms with Crippen molar-refractivity contribution in [2.45, 2.75) is 11.6 Å². The van der Waals surface area contributed by atoms with Gasteiger partial charge in [0.1, 0.15) is 0 Å². The Morgan fingerprint density at radius 2 is 2.10 bits per heavy atom. The molecule has 1 aromatic heterocycles. The molecule has 1 rings (SSSR count). The van der Waals surface area contributed by atoms with E-state index < -0.39 is 0 Å². The van der Waals surface area contributed by atoms with E-state index in [9.17, 15) is 0 Å². The van der Waals surface area contributed by atoms with Crippen molar-refractivity contribution in [1.29, 1.82) is 0 Å². The van der Waals surface area contributed by atoms with Crippen molar-refractivity contribution in [3.63, 3.8) is 0 Å². The van der Waals surface area contributed by atoms with Gasteiger partial charge in [0.05, 0.1) is 0 Å². The molecule has 0 saturated carbocycles. The normalized spacial score (nSPS) is 9.80. The van der Waals surface area contributed by atoms with Gasteiger partial charge in [-0.1, -0.05) is 0 Å². The molecule has 1 aromatic rings. The Morgan fingerprint density at radius 3 is 2.70 bits per heavy atom. The molecule has 0 N–H and O–H groups in total. The van der Waals surface area contributed by atoms with Crippen molar-refractivity contribution >= 4 is 39.2 Å². The topological polar surface area (TPSA) is 25.8 Å². The summed E-state index contributed by atoms with van der Waals surface area (Å²) in [5, 5.41) is 0. The molecular weight excluding hydrogens is 258 g/mol. The maximum atomic E-state index is 4.35. The van der Waals surface area contributed by atoms with Crippen LogP contribution in [0.4, 0.5) is 0 Å². The quantitative estimate of drug-likeness (QED) is 0.657. The average molecular weight is 266 g/mol. The van der Waals surface area contributed by atoms with Crippen LogP contribution in [0, 0.1) is 0 Å². The van der Waals surface area contributed by atoms with Gasteiger partial charge in [-0.15, -0.1) is 0 Å². The van der Waals surface area contributed by atoms with Crippen LogP contribution in [-0.2, 0) is 0 Å². The van der Waals surface area contributed by atoms with Gasteiger partial charge in [0.25, 0.3) is 0 Å². The molecule has 0 amide bonds. The molecular formula is C6H8N2Se2. The van der Waals surface area contributed by atoms with Crippen molar-refractivity contribution in [3.8, 4) is 0 Å². The predicted molar refractivity (Wildman–Crippen MR) is 44.5 cm³/mol. The second-order valence-corrected chi connectivity index (χ2v) is 4.94. The molecule has 0 radical (unpaired) electrons. The Balaban J connectivity index is 2.87. The van der Waals surface area contributed by atoms with Gasteiger partial charge in [0.15, 0.2) is 0 Å². The van der Waals surface area contributed by atoms with Gasteiger partial charge >= 0.3 is 73.1 Å². The molecule has 0 unspecified atom stereocenters. The summed E-state index contributed by atoms with van der Waals surface area (Å²) in [5.41, 5.74) is 0. The second kappa shape index (κ2) is 4.09. The van der Waals surface area contributed by atoms with E-state index in [1.54, 1.807) is 0 Å². The molecule has 0 aliphatic carbocycles. The Morgan fingerprint density at radius 1 is 1.30 bits per heavy atom. The monoisotopic (exact) mass is 268 g/mol. The second-order valence-electron chi connectivity index (χ2n) is 1.59. The van der Waals surface area contributed by atoms with Gasteiger partial charge in [-0.25, -0.2) is 0 Å². The molecule has 2 nitrogen and oxygen atoms in total. The summed E-state index contributed by atoms with van der Waals surface area (Å²) in [7, 11) is 0. The Labute approximate surface area is 73.2 Å². The summed E-state index contributed by atoms with van der Waals surface area (Å²) < 4.78 is 2.23. The van der Waals surface area contributed by atoms with E-state index in [1.165, 1.54) is 4.59 Å². The fourth-order valence-electron chi connectivity index (χ4n) is 0.537. The zero-order valence-electron chi connectivity index (χ0n) is 5.87. The van der Waals surface area contributed by atoms with Gasteiger partial charge in [0, 0.05) is 0 Å². The van der Waals surface area contributed by atoms with Gasteiger partial charge in [-0.05, 0) is 0 Å². The van der Waals surface area contributed by atoms with Gasteiger partial charge in [-0.2, -0.15) is 0 Å². The molecule has 0 fully saturated rings. The summed E-state index contributed by atoms with van der Waals surface area (Å²) in [5.74, 6) is 4.30. The zero-order valence-corrected chi connectivity index (χ0v) is 9.29. The third-order valence-electron chi connectivity index (χ3n) is 1.000. The molecule has 1 heterocycles. The standard InChI is InChI=1S/C6H8N2Se2/c1-9-5-3-4-7-6(8-5)10-2/h3-4H,1-2H3. The van der Waals surface area contributed by atoms with Crippen LogP contribution in [0.25, 0.3) is 0 Å². The van der Waals surface area contributed by atoms with E-state index in [-0.39, 0.29) is 0 Å². The first-order chi connectivity index (χ1) is 4.86. The predicted octanol–water partition coefficient (Wildman–Crippen LogP) is -0.768. The van der Waals surface area contributed by atoms with E-state index in [0.717, 1.165) is 4.72 Å². The maximum absolute atomic E-state index is 4.35. The number of nitrogens with zero attached hydrogens (tertiary/aromatic N) is 2. The molecule has 0 atom stereocenters. The molecule has 0 aliphatic rings. The first kappa shape index (κ1) is 8.22. The number of hydrogen-bond donors (Lipinski definition) is 0. The number of hydrogen-bond acceptors (Lipinski definition) is 2. The molecule has 54 valence electrons. The summed E-state index contributed by atoms with van der Waals surface area (Å²) in [6.07, 6.45) is 1.86. The van der Waals surface area contributed by atoms with Crippen LogP contribution in [-0.4, -0.2) is 39.9 Å². The first-order valence-electron chi connectivity index (χ1n) is 2.78. The van der Waals surface area contributed by atoms with E-state index in [4.69, 9.17) is 0 Å².